The van der Waals surface area contributed by atoms with E-state index in [0.717, 1.165) is 41.2 Å². The van der Waals surface area contributed by atoms with E-state index in [2.05, 4.69) is 27.5 Å². The molecule has 0 spiro atoms. The van der Waals surface area contributed by atoms with Gasteiger partial charge >= 0.3 is 0 Å². The van der Waals surface area contributed by atoms with Crippen LogP contribution in [0.4, 0.5) is 0 Å². The first kappa shape index (κ1) is 19.5. The second kappa shape index (κ2) is 7.74. The SMILES string of the molecule is O=C(NC1CCCc2ccccc21)c1cc2c(=O)[nH]c(-c3ccc4ccccc4c3)cn2n1. The van der Waals surface area contributed by atoms with Gasteiger partial charge in [0.15, 0.2) is 5.69 Å². The van der Waals surface area contributed by atoms with Crippen LogP contribution in [-0.2, 0) is 6.42 Å². The minimum atomic E-state index is -0.282. The zero-order chi connectivity index (χ0) is 22.4. The number of H-pyrrole nitrogens is 1. The Labute approximate surface area is 189 Å². The highest BCUT2D eigenvalue weighted by atomic mass is 16.2. The lowest BCUT2D eigenvalue weighted by molar-refractivity contribution is 0.0927. The summed E-state index contributed by atoms with van der Waals surface area (Å²) >= 11 is 0. The fraction of sp³-hybridized carbons (Fsp3) is 0.148. The molecule has 2 aromatic heterocycles. The van der Waals surface area contributed by atoms with Crippen LogP contribution in [0.15, 0.2) is 83.8 Å². The van der Waals surface area contributed by atoms with Gasteiger partial charge in [-0.1, -0.05) is 60.7 Å². The van der Waals surface area contributed by atoms with Gasteiger partial charge in [0, 0.05) is 11.6 Å². The smallest absolute Gasteiger partial charge is 0.274 e. The number of fused-ring (bicyclic) bond motifs is 3. The topological polar surface area (TPSA) is 79.3 Å². The zero-order valence-corrected chi connectivity index (χ0v) is 17.9. The Morgan fingerprint density at radius 2 is 1.82 bits per heavy atom. The quantitative estimate of drug-likeness (QED) is 0.434. The lowest BCUT2D eigenvalue weighted by atomic mass is 9.88. The van der Waals surface area contributed by atoms with Crippen molar-refractivity contribution in [3.63, 3.8) is 0 Å². The van der Waals surface area contributed by atoms with Crippen LogP contribution in [0.25, 0.3) is 27.5 Å². The van der Waals surface area contributed by atoms with Crippen LogP contribution in [0, 0.1) is 0 Å². The molecular formula is C27H22N4O2. The minimum Gasteiger partial charge on any atom is -0.344 e. The van der Waals surface area contributed by atoms with Crippen molar-refractivity contribution in [3.05, 3.63) is 106 Å². The highest BCUT2D eigenvalue weighted by molar-refractivity contribution is 5.94. The standard InChI is InChI=1S/C27H22N4O2/c32-26(28-22-11-5-9-18-7-3-4-10-21(18)22)23-15-25-27(33)29-24(16-31(25)30-23)20-13-12-17-6-1-2-8-19(17)14-20/h1-4,6-8,10,12-16,22H,5,9,11H2,(H,28,32)(H,29,33). The highest BCUT2D eigenvalue weighted by Crippen LogP contribution is 2.29. The van der Waals surface area contributed by atoms with E-state index in [9.17, 15) is 9.59 Å². The van der Waals surface area contributed by atoms with Gasteiger partial charge in [-0.05, 0) is 47.2 Å². The Balaban J connectivity index is 1.33. The number of benzene rings is 3. The van der Waals surface area contributed by atoms with E-state index in [1.807, 2.05) is 54.6 Å². The van der Waals surface area contributed by atoms with Crippen LogP contribution in [0.5, 0.6) is 0 Å². The molecule has 0 bridgehead atoms. The minimum absolute atomic E-state index is 0.0429. The van der Waals surface area contributed by atoms with Gasteiger partial charge in [0.2, 0.25) is 0 Å². The number of carbonyl (C=O) groups excluding carboxylic acids is 1. The van der Waals surface area contributed by atoms with E-state index in [-0.39, 0.29) is 23.2 Å². The Hall–Kier alpha value is -4.19. The number of carbonyl (C=O) groups is 1. The molecule has 1 atom stereocenters. The molecule has 1 amide bonds. The van der Waals surface area contributed by atoms with Crippen molar-refractivity contribution in [2.75, 3.05) is 0 Å². The summed E-state index contributed by atoms with van der Waals surface area (Å²) in [5.41, 5.74) is 4.27. The van der Waals surface area contributed by atoms with Crippen LogP contribution in [-0.4, -0.2) is 20.5 Å². The van der Waals surface area contributed by atoms with Crippen molar-refractivity contribution in [2.24, 2.45) is 0 Å². The Morgan fingerprint density at radius 1 is 1.00 bits per heavy atom. The Morgan fingerprint density at radius 3 is 2.73 bits per heavy atom. The van der Waals surface area contributed by atoms with E-state index in [0.29, 0.717) is 11.2 Å². The number of amides is 1. The molecule has 1 aliphatic rings. The number of nitrogens with zero attached hydrogens (tertiary/aromatic N) is 2. The molecule has 1 aliphatic carbocycles. The lowest BCUT2D eigenvalue weighted by Gasteiger charge is -2.26. The third-order valence-electron chi connectivity index (χ3n) is 6.44. The van der Waals surface area contributed by atoms with E-state index >= 15 is 0 Å². The summed E-state index contributed by atoms with van der Waals surface area (Å²) in [4.78, 5) is 28.7. The van der Waals surface area contributed by atoms with Crippen LogP contribution in [0.2, 0.25) is 0 Å². The third-order valence-corrected chi connectivity index (χ3v) is 6.44. The lowest BCUT2D eigenvalue weighted by Crippen LogP contribution is -2.31. The summed E-state index contributed by atoms with van der Waals surface area (Å²) in [5.74, 6) is -0.271. The van der Waals surface area contributed by atoms with E-state index < -0.39 is 0 Å². The fourth-order valence-corrected chi connectivity index (χ4v) is 4.75. The van der Waals surface area contributed by atoms with Crippen molar-refractivity contribution in [2.45, 2.75) is 25.3 Å². The Kier molecular flexibility index (Phi) is 4.57. The first-order chi connectivity index (χ1) is 16.2. The predicted octanol–water partition coefficient (Wildman–Crippen LogP) is 4.65. The molecule has 0 saturated heterocycles. The number of aromatic nitrogens is 3. The van der Waals surface area contributed by atoms with Gasteiger partial charge in [0.1, 0.15) is 5.52 Å². The number of aromatic amines is 1. The van der Waals surface area contributed by atoms with Gasteiger partial charge in [-0.25, -0.2) is 4.52 Å². The van der Waals surface area contributed by atoms with Crippen LogP contribution in [0.3, 0.4) is 0 Å². The van der Waals surface area contributed by atoms with Crippen molar-refractivity contribution in [1.82, 2.24) is 19.9 Å². The molecule has 0 aliphatic heterocycles. The number of hydrogen-bond donors (Lipinski definition) is 2. The second-order valence-corrected chi connectivity index (χ2v) is 8.54. The monoisotopic (exact) mass is 434 g/mol. The molecule has 5 aromatic rings. The second-order valence-electron chi connectivity index (χ2n) is 8.54. The molecule has 1 unspecified atom stereocenters. The molecule has 162 valence electrons. The molecule has 0 fully saturated rings. The number of nitrogens with one attached hydrogen (secondary N) is 2. The molecule has 2 N–H and O–H groups in total. The Bertz CT molecular complexity index is 1580. The largest absolute Gasteiger partial charge is 0.344 e. The normalized spacial score (nSPS) is 15.5. The van der Waals surface area contributed by atoms with Crippen LogP contribution >= 0.6 is 0 Å². The van der Waals surface area contributed by atoms with Crippen molar-refractivity contribution in [1.29, 1.82) is 0 Å². The summed E-state index contributed by atoms with van der Waals surface area (Å²) in [5, 5.41) is 9.76. The van der Waals surface area contributed by atoms with E-state index in [4.69, 9.17) is 0 Å². The maximum Gasteiger partial charge on any atom is 0.274 e. The summed E-state index contributed by atoms with van der Waals surface area (Å²) in [7, 11) is 0. The van der Waals surface area contributed by atoms with Gasteiger partial charge in [-0.3, -0.25) is 9.59 Å². The van der Waals surface area contributed by atoms with E-state index in [1.54, 1.807) is 12.3 Å². The molecular weight excluding hydrogens is 412 g/mol. The highest BCUT2D eigenvalue weighted by Gasteiger charge is 2.23. The van der Waals surface area contributed by atoms with Gasteiger partial charge in [-0.15, -0.1) is 0 Å². The third kappa shape index (κ3) is 3.49. The van der Waals surface area contributed by atoms with Crippen LogP contribution < -0.4 is 10.9 Å². The van der Waals surface area contributed by atoms with Gasteiger partial charge in [-0.2, -0.15) is 5.10 Å². The maximum absolute atomic E-state index is 13.0. The van der Waals surface area contributed by atoms with Crippen molar-refractivity contribution < 1.29 is 4.79 Å². The van der Waals surface area contributed by atoms with Crippen LogP contribution in [0.1, 0.15) is 40.5 Å². The average molecular weight is 434 g/mol. The van der Waals surface area contributed by atoms with Gasteiger partial charge in [0.25, 0.3) is 11.5 Å². The average Bonchev–Trinajstić information content (AvgIpc) is 3.29. The first-order valence-electron chi connectivity index (χ1n) is 11.2. The van der Waals surface area contributed by atoms with Crippen molar-refractivity contribution in [3.8, 4) is 11.3 Å². The van der Waals surface area contributed by atoms with Gasteiger partial charge < -0.3 is 10.3 Å². The molecule has 2 heterocycles. The summed E-state index contributed by atoms with van der Waals surface area (Å²) < 4.78 is 1.49. The number of rotatable bonds is 3. The molecule has 3 aromatic carbocycles. The first-order valence-corrected chi connectivity index (χ1v) is 11.2. The zero-order valence-electron chi connectivity index (χ0n) is 17.9. The fourth-order valence-electron chi connectivity index (χ4n) is 4.75. The van der Waals surface area contributed by atoms with E-state index in [1.165, 1.54) is 10.1 Å². The molecule has 33 heavy (non-hydrogen) atoms. The van der Waals surface area contributed by atoms with Gasteiger partial charge in [0.05, 0.1) is 17.9 Å². The summed E-state index contributed by atoms with van der Waals surface area (Å²) in [6.07, 6.45) is 4.71. The summed E-state index contributed by atoms with van der Waals surface area (Å²) in [6.45, 7) is 0. The molecule has 0 radical (unpaired) electrons. The molecule has 6 nitrogen and oxygen atoms in total. The van der Waals surface area contributed by atoms with Crippen molar-refractivity contribution >= 4 is 22.2 Å². The maximum atomic E-state index is 13.0. The molecule has 6 heteroatoms. The predicted molar refractivity (Wildman–Crippen MR) is 128 cm³/mol. The molecule has 6 rings (SSSR count). The summed E-state index contributed by atoms with van der Waals surface area (Å²) in [6, 6.07) is 23.8. The molecule has 0 saturated carbocycles. The number of hydrogen-bond acceptors (Lipinski definition) is 3. The number of aryl methyl sites for hydroxylation is 1.